The molecule has 6 N–H and O–H groups in total. The van der Waals surface area contributed by atoms with Crippen LogP contribution >= 0.6 is 12.4 Å². The average molecular weight is 722 g/mol. The molecule has 3 rings (SSSR count). The maximum Gasteiger partial charge on any atom is 0.0205 e. The Morgan fingerprint density at radius 3 is 1.08 bits per heavy atom. The first-order valence-corrected chi connectivity index (χ1v) is 20.3. The van der Waals surface area contributed by atoms with Crippen molar-refractivity contribution in [3.8, 4) is 22.3 Å². The molecule has 0 saturated carbocycles. The van der Waals surface area contributed by atoms with Crippen LogP contribution in [0.5, 0.6) is 0 Å². The Morgan fingerprint density at radius 2 is 0.706 bits per heavy atom. The van der Waals surface area contributed by atoms with Crippen LogP contribution < -0.4 is 31.9 Å². The molecule has 3 aromatic rings. The molecule has 0 heterocycles. The molecule has 0 atom stereocenters. The van der Waals surface area contributed by atoms with E-state index in [2.05, 4.69) is 119 Å². The van der Waals surface area contributed by atoms with Gasteiger partial charge in [-0.25, -0.2) is 0 Å². The van der Waals surface area contributed by atoms with Crippen molar-refractivity contribution in [1.29, 1.82) is 0 Å². The minimum atomic E-state index is 0. The maximum absolute atomic E-state index is 3.66. The third-order valence-electron chi connectivity index (χ3n) is 9.30. The third-order valence-corrected chi connectivity index (χ3v) is 9.30. The number of nitrogens with one attached hydrogen (secondary N) is 6. The van der Waals surface area contributed by atoms with Gasteiger partial charge in [-0.1, -0.05) is 113 Å². The van der Waals surface area contributed by atoms with Gasteiger partial charge in [0, 0.05) is 13.1 Å². The van der Waals surface area contributed by atoms with Gasteiger partial charge in [0.05, 0.1) is 0 Å². The van der Waals surface area contributed by atoms with Crippen LogP contribution in [0.3, 0.4) is 0 Å². The fourth-order valence-corrected chi connectivity index (χ4v) is 6.36. The van der Waals surface area contributed by atoms with Crippen molar-refractivity contribution in [3.05, 3.63) is 83.9 Å². The van der Waals surface area contributed by atoms with Gasteiger partial charge in [0.2, 0.25) is 0 Å². The zero-order valence-corrected chi connectivity index (χ0v) is 33.1. The van der Waals surface area contributed by atoms with Gasteiger partial charge < -0.3 is 31.9 Å². The van der Waals surface area contributed by atoms with Crippen molar-refractivity contribution >= 4 is 12.4 Å². The number of unbranched alkanes of at least 4 members (excludes halogenated alkanes) is 6. The summed E-state index contributed by atoms with van der Waals surface area (Å²) in [5.74, 6) is 0. The number of hydrogen-bond acceptors (Lipinski definition) is 6. The fourth-order valence-electron chi connectivity index (χ4n) is 6.36. The quantitative estimate of drug-likeness (QED) is 0.0363. The molecule has 0 aliphatic heterocycles. The monoisotopic (exact) mass is 721 g/mol. The summed E-state index contributed by atoms with van der Waals surface area (Å²) in [5, 5.41) is 21.6. The van der Waals surface area contributed by atoms with Crippen molar-refractivity contribution in [1.82, 2.24) is 31.9 Å². The lowest BCUT2D eigenvalue weighted by atomic mass is 9.93. The highest BCUT2D eigenvalue weighted by Gasteiger charge is 2.09. The molecule has 3 aromatic carbocycles. The summed E-state index contributed by atoms with van der Waals surface area (Å²) in [6.07, 6.45) is 15.4. The Kier molecular flexibility index (Phi) is 27.5. The molecule has 0 unspecified atom stereocenters. The van der Waals surface area contributed by atoms with E-state index >= 15 is 0 Å². The zero-order valence-electron chi connectivity index (χ0n) is 32.3. The van der Waals surface area contributed by atoms with Gasteiger partial charge in [0.15, 0.2) is 0 Å². The Bertz CT molecular complexity index is 1140. The van der Waals surface area contributed by atoms with E-state index in [9.17, 15) is 0 Å². The predicted octanol–water partition coefficient (Wildman–Crippen LogP) is 8.70. The third kappa shape index (κ3) is 21.1. The van der Waals surface area contributed by atoms with E-state index < -0.39 is 0 Å². The second kappa shape index (κ2) is 31.3. The molecule has 0 spiro atoms. The molecule has 0 aromatic heterocycles. The average Bonchev–Trinajstić information content (AvgIpc) is 3.15. The van der Waals surface area contributed by atoms with Crippen molar-refractivity contribution in [3.63, 3.8) is 0 Å². The molecule has 0 saturated heterocycles. The Balaban J connectivity index is 0.00000901. The summed E-state index contributed by atoms with van der Waals surface area (Å²) in [6, 6.07) is 26.9. The predicted molar refractivity (Wildman–Crippen MR) is 226 cm³/mol. The standard InChI is InChI=1S/C44H72N6.ClH/c1-3-5-7-11-25-45-27-15-29-47-31-17-33-49-37-39-19-13-21-41(35-39)43-23-9-10-24-44(43)42-22-14-20-40(36-42)38-50-34-18-32-48-30-16-28-46-26-12-8-6-4-2;/h9-10,13-14,19-24,35-36,45-50H,3-8,11-12,15-18,25-34,37-38H2,1-2H3;1H. The van der Waals surface area contributed by atoms with Crippen LogP contribution in [0.4, 0.5) is 0 Å². The van der Waals surface area contributed by atoms with Crippen molar-refractivity contribution in [2.45, 2.75) is 104 Å². The molecule has 0 aliphatic rings. The van der Waals surface area contributed by atoms with Gasteiger partial charge in [-0.15, -0.1) is 12.4 Å². The van der Waals surface area contributed by atoms with Crippen molar-refractivity contribution in [2.75, 3.05) is 65.4 Å². The summed E-state index contributed by atoms with van der Waals surface area (Å²) >= 11 is 0. The van der Waals surface area contributed by atoms with Gasteiger partial charge in [0.1, 0.15) is 0 Å². The Morgan fingerprint density at radius 1 is 0.353 bits per heavy atom. The number of hydrogen-bond donors (Lipinski definition) is 6. The normalized spacial score (nSPS) is 11.2. The van der Waals surface area contributed by atoms with Crippen LogP contribution in [-0.2, 0) is 13.1 Å². The largest absolute Gasteiger partial charge is 0.317 e. The molecular formula is C44H73ClN6. The number of halogens is 1. The second-order valence-electron chi connectivity index (χ2n) is 13.8. The Labute approximate surface area is 318 Å². The van der Waals surface area contributed by atoms with Gasteiger partial charge in [-0.2, -0.15) is 0 Å². The SMILES string of the molecule is CCCCCCNCCCNCCCNCc1cccc(-c2ccccc2-c2cccc(CNCCCNCCCNCCCCCC)c2)c1.Cl. The van der Waals surface area contributed by atoms with Crippen LogP contribution in [-0.4, -0.2) is 65.4 Å². The lowest BCUT2D eigenvalue weighted by molar-refractivity contribution is 0.551. The van der Waals surface area contributed by atoms with E-state index in [1.807, 2.05) is 0 Å². The molecule has 0 amide bonds. The molecule has 0 bridgehead atoms. The van der Waals surface area contributed by atoms with Gasteiger partial charge >= 0.3 is 0 Å². The van der Waals surface area contributed by atoms with Crippen molar-refractivity contribution < 1.29 is 0 Å². The van der Waals surface area contributed by atoms with Gasteiger partial charge in [-0.05, 0) is 149 Å². The minimum Gasteiger partial charge on any atom is -0.317 e. The maximum atomic E-state index is 3.66. The molecule has 0 aliphatic carbocycles. The van der Waals surface area contributed by atoms with E-state index in [0.29, 0.717) is 0 Å². The number of benzene rings is 3. The van der Waals surface area contributed by atoms with Crippen molar-refractivity contribution in [2.24, 2.45) is 0 Å². The van der Waals surface area contributed by atoms with Crippen LogP contribution in [0.1, 0.15) is 102 Å². The lowest BCUT2D eigenvalue weighted by Gasteiger charge is -2.13. The summed E-state index contributed by atoms with van der Waals surface area (Å²) < 4.78 is 0. The molecule has 6 nitrogen and oxygen atoms in total. The summed E-state index contributed by atoms with van der Waals surface area (Å²) in [4.78, 5) is 0. The zero-order chi connectivity index (χ0) is 35.2. The van der Waals surface area contributed by atoms with E-state index in [-0.39, 0.29) is 12.4 Å². The minimum absolute atomic E-state index is 0. The summed E-state index contributed by atoms with van der Waals surface area (Å²) in [5.41, 5.74) is 7.79. The molecular weight excluding hydrogens is 648 g/mol. The molecule has 7 heteroatoms. The van der Waals surface area contributed by atoms with Gasteiger partial charge in [0.25, 0.3) is 0 Å². The van der Waals surface area contributed by atoms with Gasteiger partial charge in [-0.3, -0.25) is 0 Å². The van der Waals surface area contributed by atoms with E-state index in [0.717, 1.165) is 78.3 Å². The highest BCUT2D eigenvalue weighted by Crippen LogP contribution is 2.33. The summed E-state index contributed by atoms with van der Waals surface area (Å²) in [6.45, 7) is 17.3. The molecule has 0 fully saturated rings. The molecule has 286 valence electrons. The Hall–Kier alpha value is -2.29. The first-order valence-electron chi connectivity index (χ1n) is 20.3. The summed E-state index contributed by atoms with van der Waals surface area (Å²) in [7, 11) is 0. The van der Waals surface area contributed by atoms with Crippen LogP contribution in [0, 0.1) is 0 Å². The van der Waals surface area contributed by atoms with Crippen LogP contribution in [0.25, 0.3) is 22.3 Å². The first-order chi connectivity index (χ1) is 24.8. The number of rotatable bonds is 32. The highest BCUT2D eigenvalue weighted by atomic mass is 35.5. The lowest BCUT2D eigenvalue weighted by Crippen LogP contribution is -2.25. The first kappa shape index (κ1) is 44.9. The highest BCUT2D eigenvalue weighted by molar-refractivity contribution is 5.85. The van der Waals surface area contributed by atoms with Crippen LogP contribution in [0.2, 0.25) is 0 Å². The van der Waals surface area contributed by atoms with E-state index in [1.54, 1.807) is 0 Å². The van der Waals surface area contributed by atoms with E-state index in [4.69, 9.17) is 0 Å². The topological polar surface area (TPSA) is 72.2 Å². The van der Waals surface area contributed by atoms with Crippen LogP contribution in [0.15, 0.2) is 72.8 Å². The second-order valence-corrected chi connectivity index (χ2v) is 13.8. The fraction of sp³-hybridized carbons (Fsp3) is 0.591. The van der Waals surface area contributed by atoms with E-state index in [1.165, 1.54) is 111 Å². The smallest absolute Gasteiger partial charge is 0.0205 e. The molecule has 51 heavy (non-hydrogen) atoms. The molecule has 0 radical (unpaired) electrons.